The number of aliphatic hydroxyl groups excluding tert-OH is 1. The number of amides is 2. The second-order valence-electron chi connectivity index (χ2n) is 4.77. The summed E-state index contributed by atoms with van der Waals surface area (Å²) < 4.78 is 0. The first kappa shape index (κ1) is 13.7. The van der Waals surface area contributed by atoms with Gasteiger partial charge < -0.3 is 5.11 Å². The lowest BCUT2D eigenvalue weighted by Crippen LogP contribution is -2.45. The van der Waals surface area contributed by atoms with Crippen molar-refractivity contribution in [3.05, 3.63) is 35.9 Å². The molecule has 1 aliphatic rings. The first-order valence-corrected chi connectivity index (χ1v) is 6.45. The van der Waals surface area contributed by atoms with Crippen LogP contribution in [-0.4, -0.2) is 47.6 Å². The number of carbonyl (C=O) groups excluding carboxylic acids is 2. The number of imide groups is 1. The van der Waals surface area contributed by atoms with E-state index in [2.05, 4.69) is 5.32 Å². The molecule has 0 radical (unpaired) electrons. The van der Waals surface area contributed by atoms with Gasteiger partial charge >= 0.3 is 0 Å². The summed E-state index contributed by atoms with van der Waals surface area (Å²) in [7, 11) is 0. The van der Waals surface area contributed by atoms with E-state index in [4.69, 9.17) is 0 Å². The van der Waals surface area contributed by atoms with Crippen LogP contribution >= 0.6 is 0 Å². The summed E-state index contributed by atoms with van der Waals surface area (Å²) in [5, 5.41) is 11.9. The molecular formula is C14H18N2O3. The number of nitrogens with zero attached hydrogens (tertiary/aromatic N) is 1. The van der Waals surface area contributed by atoms with Gasteiger partial charge in [0.2, 0.25) is 5.91 Å². The Kier molecular flexibility index (Phi) is 4.65. The molecule has 1 unspecified atom stereocenters. The van der Waals surface area contributed by atoms with Crippen LogP contribution in [0.4, 0.5) is 0 Å². The number of likely N-dealkylation sites (tertiary alicyclic amines) is 1. The molecule has 5 heteroatoms. The minimum Gasteiger partial charge on any atom is -0.392 e. The van der Waals surface area contributed by atoms with Crippen LogP contribution in [-0.2, 0) is 4.79 Å². The normalized spacial score (nSPS) is 19.9. The van der Waals surface area contributed by atoms with Gasteiger partial charge in [-0.2, -0.15) is 0 Å². The molecule has 1 aromatic carbocycles. The third kappa shape index (κ3) is 4.15. The Bertz CT molecular complexity index is 447. The molecule has 1 aliphatic heterocycles. The van der Waals surface area contributed by atoms with Gasteiger partial charge in [0, 0.05) is 12.1 Å². The van der Waals surface area contributed by atoms with E-state index in [-0.39, 0.29) is 24.5 Å². The first-order valence-electron chi connectivity index (χ1n) is 6.45. The van der Waals surface area contributed by atoms with E-state index in [0.29, 0.717) is 12.1 Å². The van der Waals surface area contributed by atoms with Crippen molar-refractivity contribution in [2.24, 2.45) is 0 Å². The van der Waals surface area contributed by atoms with Crippen LogP contribution in [0.25, 0.3) is 0 Å². The van der Waals surface area contributed by atoms with Crippen LogP contribution in [0.2, 0.25) is 0 Å². The SMILES string of the molecule is O=C(CN1CCCC(O)C1)NC(=O)c1ccccc1. The maximum atomic E-state index is 11.8. The summed E-state index contributed by atoms with van der Waals surface area (Å²) in [4.78, 5) is 25.4. The van der Waals surface area contributed by atoms with E-state index in [1.165, 1.54) is 0 Å². The molecule has 19 heavy (non-hydrogen) atoms. The maximum absolute atomic E-state index is 11.8. The van der Waals surface area contributed by atoms with Crippen LogP contribution in [0.15, 0.2) is 30.3 Å². The van der Waals surface area contributed by atoms with E-state index in [0.717, 1.165) is 19.4 Å². The highest BCUT2D eigenvalue weighted by Gasteiger charge is 2.20. The Morgan fingerprint density at radius 2 is 2.05 bits per heavy atom. The van der Waals surface area contributed by atoms with Crippen LogP contribution in [0.3, 0.4) is 0 Å². The largest absolute Gasteiger partial charge is 0.392 e. The van der Waals surface area contributed by atoms with Crippen molar-refractivity contribution in [3.8, 4) is 0 Å². The average molecular weight is 262 g/mol. The van der Waals surface area contributed by atoms with E-state index < -0.39 is 0 Å². The number of nitrogens with one attached hydrogen (secondary N) is 1. The molecule has 2 N–H and O–H groups in total. The summed E-state index contributed by atoms with van der Waals surface area (Å²) >= 11 is 0. The predicted molar refractivity (Wildman–Crippen MR) is 70.6 cm³/mol. The molecule has 102 valence electrons. The molecule has 0 aliphatic carbocycles. The van der Waals surface area contributed by atoms with Crippen molar-refractivity contribution < 1.29 is 14.7 Å². The topological polar surface area (TPSA) is 69.6 Å². The number of carbonyl (C=O) groups is 2. The molecule has 2 rings (SSSR count). The van der Waals surface area contributed by atoms with Crippen LogP contribution in [0, 0.1) is 0 Å². The molecule has 0 bridgehead atoms. The summed E-state index contributed by atoms with van der Waals surface area (Å²) in [6, 6.07) is 8.63. The molecule has 0 spiro atoms. The van der Waals surface area contributed by atoms with Gasteiger partial charge in [0.25, 0.3) is 5.91 Å². The second kappa shape index (κ2) is 6.45. The lowest BCUT2D eigenvalue weighted by atomic mass is 10.1. The van der Waals surface area contributed by atoms with Gasteiger partial charge in [0.05, 0.1) is 12.6 Å². The van der Waals surface area contributed by atoms with Crippen molar-refractivity contribution in [1.29, 1.82) is 0 Å². The van der Waals surface area contributed by atoms with Crippen LogP contribution in [0.5, 0.6) is 0 Å². The lowest BCUT2D eigenvalue weighted by molar-refractivity contribution is -0.121. The molecule has 1 saturated heterocycles. The highest BCUT2D eigenvalue weighted by Crippen LogP contribution is 2.08. The number of rotatable bonds is 3. The van der Waals surface area contributed by atoms with Gasteiger partial charge in [-0.05, 0) is 31.5 Å². The summed E-state index contributed by atoms with van der Waals surface area (Å²) in [6.45, 7) is 1.42. The van der Waals surface area contributed by atoms with Gasteiger partial charge in [0.1, 0.15) is 0 Å². The standard InChI is InChI=1S/C14H18N2O3/c17-12-7-4-8-16(9-12)10-13(18)15-14(19)11-5-2-1-3-6-11/h1-3,5-6,12,17H,4,7-10H2,(H,15,18,19). The average Bonchev–Trinajstić information content (AvgIpc) is 2.39. The molecule has 1 heterocycles. The number of benzene rings is 1. The lowest BCUT2D eigenvalue weighted by Gasteiger charge is -2.29. The molecule has 0 aromatic heterocycles. The molecule has 1 atom stereocenters. The highest BCUT2D eigenvalue weighted by molar-refractivity contribution is 6.05. The van der Waals surface area contributed by atoms with E-state index >= 15 is 0 Å². The summed E-state index contributed by atoms with van der Waals surface area (Å²) in [6.07, 6.45) is 1.29. The zero-order chi connectivity index (χ0) is 13.7. The summed E-state index contributed by atoms with van der Waals surface area (Å²) in [5.74, 6) is -0.717. The van der Waals surface area contributed by atoms with Crippen LogP contribution in [0.1, 0.15) is 23.2 Å². The van der Waals surface area contributed by atoms with Gasteiger partial charge in [-0.3, -0.25) is 19.8 Å². The zero-order valence-electron chi connectivity index (χ0n) is 10.7. The third-order valence-corrected chi connectivity index (χ3v) is 3.14. The Hall–Kier alpha value is -1.72. The number of aliphatic hydroxyl groups is 1. The minimum absolute atomic E-state index is 0.148. The van der Waals surface area contributed by atoms with Gasteiger partial charge in [-0.15, -0.1) is 0 Å². The van der Waals surface area contributed by atoms with E-state index in [1.54, 1.807) is 24.3 Å². The molecule has 2 amide bonds. The van der Waals surface area contributed by atoms with Crippen molar-refractivity contribution in [3.63, 3.8) is 0 Å². The Morgan fingerprint density at radius 3 is 2.74 bits per heavy atom. The zero-order valence-corrected chi connectivity index (χ0v) is 10.7. The fraction of sp³-hybridized carbons (Fsp3) is 0.429. The molecule has 5 nitrogen and oxygen atoms in total. The van der Waals surface area contributed by atoms with E-state index in [1.807, 2.05) is 11.0 Å². The third-order valence-electron chi connectivity index (χ3n) is 3.14. The highest BCUT2D eigenvalue weighted by atomic mass is 16.3. The second-order valence-corrected chi connectivity index (χ2v) is 4.77. The van der Waals surface area contributed by atoms with Crippen molar-refractivity contribution in [2.45, 2.75) is 18.9 Å². The molecular weight excluding hydrogens is 244 g/mol. The number of hydrogen-bond acceptors (Lipinski definition) is 4. The monoisotopic (exact) mass is 262 g/mol. The Balaban J connectivity index is 1.82. The van der Waals surface area contributed by atoms with Gasteiger partial charge in [0.15, 0.2) is 0 Å². The molecule has 0 saturated carbocycles. The number of hydrogen-bond donors (Lipinski definition) is 2. The Morgan fingerprint density at radius 1 is 1.32 bits per heavy atom. The van der Waals surface area contributed by atoms with Crippen LogP contribution < -0.4 is 5.32 Å². The fourth-order valence-electron chi connectivity index (χ4n) is 2.21. The van der Waals surface area contributed by atoms with Crippen molar-refractivity contribution in [2.75, 3.05) is 19.6 Å². The van der Waals surface area contributed by atoms with Gasteiger partial charge in [-0.1, -0.05) is 18.2 Å². The number of β-amino-alcohol motifs (C(OH)–C–C–N with tert-alkyl or cyclic N) is 1. The minimum atomic E-state index is -0.386. The van der Waals surface area contributed by atoms with E-state index in [9.17, 15) is 14.7 Å². The first-order chi connectivity index (χ1) is 9.15. The quantitative estimate of drug-likeness (QED) is 0.827. The smallest absolute Gasteiger partial charge is 0.257 e. The Labute approximate surface area is 112 Å². The molecule has 1 fully saturated rings. The molecule has 1 aromatic rings. The van der Waals surface area contributed by atoms with Crippen molar-refractivity contribution >= 4 is 11.8 Å². The number of piperidine rings is 1. The van der Waals surface area contributed by atoms with Gasteiger partial charge in [-0.25, -0.2) is 0 Å². The fourth-order valence-corrected chi connectivity index (χ4v) is 2.21. The van der Waals surface area contributed by atoms with Crippen molar-refractivity contribution in [1.82, 2.24) is 10.2 Å². The maximum Gasteiger partial charge on any atom is 0.257 e. The summed E-state index contributed by atoms with van der Waals surface area (Å²) in [5.41, 5.74) is 0.467. The predicted octanol–water partition coefficient (Wildman–Crippen LogP) is 0.400.